The fourth-order valence-electron chi connectivity index (χ4n) is 2.32. The third kappa shape index (κ3) is 3.80. The lowest BCUT2D eigenvalue weighted by Crippen LogP contribution is -2.39. The van der Waals surface area contributed by atoms with Gasteiger partial charge in [-0.15, -0.1) is 0 Å². The molecule has 1 atom stereocenters. The van der Waals surface area contributed by atoms with Gasteiger partial charge in [-0.05, 0) is 31.8 Å². The van der Waals surface area contributed by atoms with E-state index < -0.39 is 0 Å². The summed E-state index contributed by atoms with van der Waals surface area (Å²) >= 11 is 0. The Bertz CT molecular complexity index is 359. The maximum atomic E-state index is 12.0. The number of rotatable bonds is 5. The number of aromatic nitrogens is 3. The van der Waals surface area contributed by atoms with Crippen molar-refractivity contribution >= 4 is 5.91 Å². The van der Waals surface area contributed by atoms with Gasteiger partial charge in [-0.1, -0.05) is 0 Å². The van der Waals surface area contributed by atoms with Gasteiger partial charge >= 0.3 is 0 Å². The van der Waals surface area contributed by atoms with Gasteiger partial charge in [0.05, 0.1) is 6.54 Å². The van der Waals surface area contributed by atoms with Gasteiger partial charge in [0, 0.05) is 20.0 Å². The second-order valence-corrected chi connectivity index (χ2v) is 4.90. The lowest BCUT2D eigenvalue weighted by Gasteiger charge is -2.27. The van der Waals surface area contributed by atoms with Crippen molar-refractivity contribution in [1.29, 1.82) is 0 Å². The molecule has 1 fully saturated rings. The van der Waals surface area contributed by atoms with Gasteiger partial charge in [-0.3, -0.25) is 9.48 Å². The van der Waals surface area contributed by atoms with Crippen LogP contribution in [0.2, 0.25) is 0 Å². The smallest absolute Gasteiger partial charge is 0.224 e. The minimum atomic E-state index is 0.177. The van der Waals surface area contributed by atoms with Crippen LogP contribution < -0.4 is 5.32 Å². The molecule has 0 bridgehead atoms. The monoisotopic (exact) mass is 251 g/mol. The van der Waals surface area contributed by atoms with E-state index in [4.69, 9.17) is 0 Å². The van der Waals surface area contributed by atoms with Crippen molar-refractivity contribution in [3.63, 3.8) is 0 Å². The van der Waals surface area contributed by atoms with Crippen LogP contribution in [0, 0.1) is 5.92 Å². The Morgan fingerprint density at radius 1 is 1.61 bits per heavy atom. The quantitative estimate of drug-likeness (QED) is 0.808. The summed E-state index contributed by atoms with van der Waals surface area (Å²) in [6.07, 6.45) is 6.04. The standard InChI is InChI=1S/C12H21N5O/c1-16(8-11-3-2-5-13-7-11)12(18)4-6-17-10-14-9-15-17/h9-11,13H,2-8H2,1H3. The first kappa shape index (κ1) is 13.0. The van der Waals surface area contributed by atoms with Crippen molar-refractivity contribution in [3.05, 3.63) is 12.7 Å². The number of piperidine rings is 1. The van der Waals surface area contributed by atoms with Crippen molar-refractivity contribution in [1.82, 2.24) is 25.0 Å². The van der Waals surface area contributed by atoms with Crippen LogP contribution in [-0.4, -0.2) is 52.3 Å². The molecule has 0 aromatic carbocycles. The number of carbonyl (C=O) groups excluding carboxylic acids is 1. The first-order valence-electron chi connectivity index (χ1n) is 6.53. The van der Waals surface area contributed by atoms with Gasteiger partial charge in [-0.2, -0.15) is 5.10 Å². The molecular weight excluding hydrogens is 230 g/mol. The van der Waals surface area contributed by atoms with Crippen LogP contribution in [0.15, 0.2) is 12.7 Å². The third-order valence-corrected chi connectivity index (χ3v) is 3.38. The van der Waals surface area contributed by atoms with Crippen LogP contribution in [0.4, 0.5) is 0 Å². The Morgan fingerprint density at radius 2 is 2.50 bits per heavy atom. The molecule has 0 aliphatic carbocycles. The first-order valence-corrected chi connectivity index (χ1v) is 6.53. The Hall–Kier alpha value is -1.43. The number of hydrogen-bond donors (Lipinski definition) is 1. The summed E-state index contributed by atoms with van der Waals surface area (Å²) in [5.74, 6) is 0.773. The molecule has 100 valence electrons. The molecule has 1 aromatic heterocycles. The summed E-state index contributed by atoms with van der Waals surface area (Å²) in [6, 6.07) is 0. The van der Waals surface area contributed by atoms with Crippen molar-refractivity contribution in [2.75, 3.05) is 26.7 Å². The van der Waals surface area contributed by atoms with Crippen LogP contribution >= 0.6 is 0 Å². The molecule has 1 aromatic rings. The minimum absolute atomic E-state index is 0.177. The van der Waals surface area contributed by atoms with Gasteiger partial charge < -0.3 is 10.2 Å². The van der Waals surface area contributed by atoms with E-state index >= 15 is 0 Å². The summed E-state index contributed by atoms with van der Waals surface area (Å²) < 4.78 is 1.69. The third-order valence-electron chi connectivity index (χ3n) is 3.38. The Morgan fingerprint density at radius 3 is 3.17 bits per heavy atom. The predicted molar refractivity (Wildman–Crippen MR) is 67.9 cm³/mol. The van der Waals surface area contributed by atoms with E-state index in [9.17, 15) is 4.79 Å². The van der Waals surface area contributed by atoms with Crippen molar-refractivity contribution < 1.29 is 4.79 Å². The van der Waals surface area contributed by atoms with E-state index in [1.165, 1.54) is 19.2 Å². The second-order valence-electron chi connectivity index (χ2n) is 4.90. The molecule has 2 heterocycles. The molecule has 1 aliphatic rings. The molecule has 6 nitrogen and oxygen atoms in total. The number of aryl methyl sites for hydroxylation is 1. The second kappa shape index (κ2) is 6.49. The van der Waals surface area contributed by atoms with E-state index in [0.29, 0.717) is 18.9 Å². The molecule has 1 aliphatic heterocycles. The molecule has 1 amide bonds. The average molecular weight is 251 g/mol. The van der Waals surface area contributed by atoms with Gasteiger partial charge in [0.25, 0.3) is 0 Å². The molecular formula is C12H21N5O. The fourth-order valence-corrected chi connectivity index (χ4v) is 2.32. The Labute approximate surface area is 107 Å². The maximum Gasteiger partial charge on any atom is 0.224 e. The fraction of sp³-hybridized carbons (Fsp3) is 0.750. The van der Waals surface area contributed by atoms with Crippen LogP contribution in [0.5, 0.6) is 0 Å². The van der Waals surface area contributed by atoms with Crippen LogP contribution in [0.1, 0.15) is 19.3 Å². The van der Waals surface area contributed by atoms with Gasteiger partial charge in [0.2, 0.25) is 5.91 Å². The summed E-state index contributed by atoms with van der Waals surface area (Å²) in [7, 11) is 1.89. The van der Waals surface area contributed by atoms with E-state index in [2.05, 4.69) is 15.4 Å². The SMILES string of the molecule is CN(CC1CCCNC1)C(=O)CCn1cncn1. The number of carbonyl (C=O) groups is 1. The predicted octanol–water partition coefficient (Wildman–Crippen LogP) is 0.126. The first-order chi connectivity index (χ1) is 8.75. The molecule has 6 heteroatoms. The number of hydrogen-bond acceptors (Lipinski definition) is 4. The molecule has 18 heavy (non-hydrogen) atoms. The molecule has 0 spiro atoms. The average Bonchev–Trinajstić information content (AvgIpc) is 2.90. The number of nitrogens with zero attached hydrogens (tertiary/aromatic N) is 4. The summed E-state index contributed by atoms with van der Waals surface area (Å²) in [5, 5.41) is 7.36. The van der Waals surface area contributed by atoms with Crippen molar-refractivity contribution in [2.45, 2.75) is 25.8 Å². The van der Waals surface area contributed by atoms with Crippen LogP contribution in [-0.2, 0) is 11.3 Å². The molecule has 0 saturated carbocycles. The highest BCUT2D eigenvalue weighted by molar-refractivity contribution is 5.75. The topological polar surface area (TPSA) is 63.1 Å². The van der Waals surface area contributed by atoms with Gasteiger partial charge in [0.1, 0.15) is 12.7 Å². The highest BCUT2D eigenvalue weighted by atomic mass is 16.2. The molecule has 1 saturated heterocycles. The van der Waals surface area contributed by atoms with Crippen molar-refractivity contribution in [3.8, 4) is 0 Å². The highest BCUT2D eigenvalue weighted by Crippen LogP contribution is 2.11. The summed E-state index contributed by atoms with van der Waals surface area (Å²) in [4.78, 5) is 17.7. The Balaban J connectivity index is 1.70. The van der Waals surface area contributed by atoms with Crippen molar-refractivity contribution in [2.24, 2.45) is 5.92 Å². The van der Waals surface area contributed by atoms with Gasteiger partial charge in [0.15, 0.2) is 0 Å². The lowest BCUT2D eigenvalue weighted by atomic mass is 9.99. The zero-order chi connectivity index (χ0) is 12.8. The zero-order valence-electron chi connectivity index (χ0n) is 10.9. The summed E-state index contributed by atoms with van der Waals surface area (Å²) in [5.41, 5.74) is 0. The van der Waals surface area contributed by atoms with Gasteiger partial charge in [-0.25, -0.2) is 4.98 Å². The maximum absolute atomic E-state index is 12.0. The Kier molecular flexibility index (Phi) is 4.69. The highest BCUT2D eigenvalue weighted by Gasteiger charge is 2.17. The number of amides is 1. The molecule has 1 unspecified atom stereocenters. The van der Waals surface area contributed by atoms with Crippen LogP contribution in [0.25, 0.3) is 0 Å². The number of nitrogens with one attached hydrogen (secondary N) is 1. The zero-order valence-corrected chi connectivity index (χ0v) is 10.9. The van der Waals surface area contributed by atoms with Crippen LogP contribution in [0.3, 0.4) is 0 Å². The van der Waals surface area contributed by atoms with E-state index in [0.717, 1.165) is 19.6 Å². The van der Waals surface area contributed by atoms with E-state index in [1.807, 2.05) is 11.9 Å². The summed E-state index contributed by atoms with van der Waals surface area (Å²) in [6.45, 7) is 3.59. The largest absolute Gasteiger partial charge is 0.345 e. The van der Waals surface area contributed by atoms with E-state index in [-0.39, 0.29) is 5.91 Å². The van der Waals surface area contributed by atoms with E-state index in [1.54, 1.807) is 11.0 Å². The lowest BCUT2D eigenvalue weighted by molar-refractivity contribution is -0.130. The molecule has 1 N–H and O–H groups in total. The molecule has 2 rings (SSSR count). The normalized spacial score (nSPS) is 19.7. The molecule has 0 radical (unpaired) electrons. The minimum Gasteiger partial charge on any atom is -0.345 e.